The first-order chi connectivity index (χ1) is 12.1. The van der Waals surface area contributed by atoms with Gasteiger partial charge in [-0.05, 0) is 29.8 Å². The van der Waals surface area contributed by atoms with Crippen molar-refractivity contribution in [1.29, 1.82) is 0 Å². The third-order valence-electron chi connectivity index (χ3n) is 3.48. The average Bonchev–Trinajstić information content (AvgIpc) is 3.09. The first kappa shape index (κ1) is 16.3. The minimum Gasteiger partial charge on any atom is -0.271 e. The summed E-state index contributed by atoms with van der Waals surface area (Å²) in [6.07, 6.45) is 0. The zero-order chi connectivity index (χ0) is 17.6. The molecule has 2 N–H and O–H groups in total. The molecule has 0 saturated heterocycles. The number of carbonyl (C=O) groups excluding carboxylic acids is 2. The van der Waals surface area contributed by atoms with Crippen LogP contribution in [-0.4, -0.2) is 32.0 Å². The summed E-state index contributed by atoms with van der Waals surface area (Å²) in [7, 11) is 0. The summed E-state index contributed by atoms with van der Waals surface area (Å²) in [5.74, 6) is -0.418. The number of hydrogen-bond donors (Lipinski definition) is 2. The number of nitrogens with zero attached hydrogens (tertiary/aromatic N) is 4. The van der Waals surface area contributed by atoms with E-state index in [-0.39, 0.29) is 6.54 Å². The molecular weight excluding hydrogens is 320 g/mol. The molecule has 0 aliphatic carbocycles. The molecule has 1 heterocycles. The van der Waals surface area contributed by atoms with Crippen molar-refractivity contribution in [3.63, 3.8) is 0 Å². The Labute approximate surface area is 143 Å². The summed E-state index contributed by atoms with van der Waals surface area (Å²) in [5.41, 5.74) is 6.98. The minimum atomic E-state index is -0.460. The van der Waals surface area contributed by atoms with Gasteiger partial charge in [-0.2, -0.15) is 4.80 Å². The Balaban J connectivity index is 1.57. The molecule has 2 aromatic carbocycles. The fraction of sp³-hybridized carbons (Fsp3) is 0.118. The second-order valence-electron chi connectivity index (χ2n) is 5.33. The van der Waals surface area contributed by atoms with Crippen molar-refractivity contribution in [1.82, 2.24) is 31.1 Å². The van der Waals surface area contributed by atoms with Crippen LogP contribution in [-0.2, 0) is 11.3 Å². The van der Waals surface area contributed by atoms with Crippen molar-refractivity contribution in [2.75, 3.05) is 0 Å². The third kappa shape index (κ3) is 4.05. The van der Waals surface area contributed by atoms with Crippen molar-refractivity contribution >= 4 is 11.8 Å². The fourth-order valence-corrected chi connectivity index (χ4v) is 2.20. The van der Waals surface area contributed by atoms with Gasteiger partial charge in [-0.15, -0.1) is 10.2 Å². The maximum absolute atomic E-state index is 11.9. The highest BCUT2D eigenvalue weighted by atomic mass is 16.2. The summed E-state index contributed by atoms with van der Waals surface area (Å²) >= 11 is 0. The summed E-state index contributed by atoms with van der Waals surface area (Å²) < 4.78 is 0. The Hall–Kier alpha value is -3.55. The van der Waals surface area contributed by atoms with Crippen molar-refractivity contribution in [2.24, 2.45) is 0 Å². The Morgan fingerprint density at radius 2 is 1.72 bits per heavy atom. The molecule has 0 aliphatic rings. The van der Waals surface area contributed by atoms with Gasteiger partial charge in [-0.1, -0.05) is 42.5 Å². The van der Waals surface area contributed by atoms with Crippen molar-refractivity contribution in [3.05, 3.63) is 65.7 Å². The van der Waals surface area contributed by atoms with Gasteiger partial charge in [0.1, 0.15) is 6.54 Å². The maximum Gasteiger partial charge on any atom is 0.269 e. The van der Waals surface area contributed by atoms with Gasteiger partial charge in [0.2, 0.25) is 5.82 Å². The van der Waals surface area contributed by atoms with Gasteiger partial charge in [0.05, 0.1) is 0 Å². The van der Waals surface area contributed by atoms with E-state index in [9.17, 15) is 9.59 Å². The molecule has 2 amide bonds. The van der Waals surface area contributed by atoms with E-state index in [0.29, 0.717) is 11.4 Å². The molecule has 0 radical (unpaired) electrons. The van der Waals surface area contributed by atoms with Crippen LogP contribution in [0.5, 0.6) is 0 Å². The van der Waals surface area contributed by atoms with Crippen LogP contribution in [0.1, 0.15) is 15.9 Å². The normalized spacial score (nSPS) is 10.3. The maximum atomic E-state index is 11.9. The number of benzene rings is 2. The minimum absolute atomic E-state index is 0.159. The lowest BCUT2D eigenvalue weighted by Crippen LogP contribution is -2.43. The van der Waals surface area contributed by atoms with E-state index < -0.39 is 11.8 Å². The molecule has 3 rings (SSSR count). The smallest absolute Gasteiger partial charge is 0.269 e. The van der Waals surface area contributed by atoms with Gasteiger partial charge in [0.25, 0.3) is 11.8 Å². The van der Waals surface area contributed by atoms with E-state index in [1.165, 1.54) is 4.80 Å². The van der Waals surface area contributed by atoms with Crippen molar-refractivity contribution < 1.29 is 9.59 Å². The quantitative estimate of drug-likeness (QED) is 0.695. The highest BCUT2D eigenvalue weighted by Gasteiger charge is 2.11. The molecule has 0 spiro atoms. The van der Waals surface area contributed by atoms with Crippen LogP contribution in [0.3, 0.4) is 0 Å². The summed E-state index contributed by atoms with van der Waals surface area (Å²) in [6.45, 7) is 1.79. The molecule has 8 heteroatoms. The van der Waals surface area contributed by atoms with Crippen LogP contribution >= 0.6 is 0 Å². The van der Waals surface area contributed by atoms with Gasteiger partial charge in [0.15, 0.2) is 0 Å². The van der Waals surface area contributed by atoms with Gasteiger partial charge in [0, 0.05) is 11.1 Å². The van der Waals surface area contributed by atoms with E-state index in [0.717, 1.165) is 11.1 Å². The number of amides is 2. The van der Waals surface area contributed by atoms with E-state index in [1.54, 1.807) is 30.3 Å². The van der Waals surface area contributed by atoms with Crippen LogP contribution < -0.4 is 10.9 Å². The van der Waals surface area contributed by atoms with Crippen LogP contribution in [0.15, 0.2) is 54.6 Å². The van der Waals surface area contributed by atoms with E-state index in [2.05, 4.69) is 26.3 Å². The summed E-state index contributed by atoms with van der Waals surface area (Å²) in [4.78, 5) is 24.9. The lowest BCUT2D eigenvalue weighted by atomic mass is 10.1. The lowest BCUT2D eigenvalue weighted by molar-refractivity contribution is -0.122. The molecule has 1 aromatic heterocycles. The van der Waals surface area contributed by atoms with Crippen molar-refractivity contribution in [2.45, 2.75) is 13.5 Å². The Morgan fingerprint density at radius 1 is 1.00 bits per heavy atom. The summed E-state index contributed by atoms with van der Waals surface area (Å²) in [6, 6.07) is 16.2. The lowest BCUT2D eigenvalue weighted by Gasteiger charge is -2.06. The van der Waals surface area contributed by atoms with Crippen LogP contribution in [0, 0.1) is 6.92 Å². The van der Waals surface area contributed by atoms with E-state index >= 15 is 0 Å². The number of nitrogens with one attached hydrogen (secondary N) is 2. The average molecular weight is 336 g/mol. The molecule has 126 valence electrons. The molecule has 3 aromatic rings. The number of tetrazole rings is 1. The summed E-state index contributed by atoms with van der Waals surface area (Å²) in [5, 5.41) is 12.0. The van der Waals surface area contributed by atoms with E-state index in [1.807, 2.05) is 31.2 Å². The second-order valence-corrected chi connectivity index (χ2v) is 5.33. The SMILES string of the molecule is Cc1ccccc1-c1nnn(CC(=O)NNC(=O)c2ccccc2)n1. The monoisotopic (exact) mass is 336 g/mol. The van der Waals surface area contributed by atoms with Gasteiger partial charge < -0.3 is 0 Å². The Morgan fingerprint density at radius 3 is 2.48 bits per heavy atom. The zero-order valence-corrected chi connectivity index (χ0v) is 13.5. The molecular formula is C17H16N6O2. The second kappa shape index (κ2) is 7.35. The van der Waals surface area contributed by atoms with E-state index in [4.69, 9.17) is 0 Å². The zero-order valence-electron chi connectivity index (χ0n) is 13.5. The van der Waals surface area contributed by atoms with Gasteiger partial charge in [-0.25, -0.2) is 0 Å². The molecule has 8 nitrogen and oxygen atoms in total. The number of rotatable bonds is 4. The number of carbonyl (C=O) groups is 2. The highest BCUT2D eigenvalue weighted by Crippen LogP contribution is 2.17. The number of aromatic nitrogens is 4. The molecule has 0 atom stereocenters. The predicted octanol–water partition coefficient (Wildman–Crippen LogP) is 1.11. The van der Waals surface area contributed by atoms with Gasteiger partial charge >= 0.3 is 0 Å². The molecule has 0 unspecified atom stereocenters. The van der Waals surface area contributed by atoms with Crippen LogP contribution in [0.4, 0.5) is 0 Å². The third-order valence-corrected chi connectivity index (χ3v) is 3.48. The predicted molar refractivity (Wildman–Crippen MR) is 90.0 cm³/mol. The Bertz CT molecular complexity index is 891. The largest absolute Gasteiger partial charge is 0.271 e. The fourth-order valence-electron chi connectivity index (χ4n) is 2.20. The number of hydrazine groups is 1. The van der Waals surface area contributed by atoms with Crippen molar-refractivity contribution in [3.8, 4) is 11.4 Å². The van der Waals surface area contributed by atoms with Crippen LogP contribution in [0.2, 0.25) is 0 Å². The molecule has 0 aliphatic heterocycles. The number of hydrogen-bond acceptors (Lipinski definition) is 5. The topological polar surface area (TPSA) is 102 Å². The Kier molecular flexibility index (Phi) is 4.79. The molecule has 25 heavy (non-hydrogen) atoms. The molecule has 0 saturated carbocycles. The molecule has 0 fully saturated rings. The van der Waals surface area contributed by atoms with Gasteiger partial charge in [-0.3, -0.25) is 20.4 Å². The molecule has 0 bridgehead atoms. The van der Waals surface area contributed by atoms with Crippen LogP contribution in [0.25, 0.3) is 11.4 Å². The first-order valence-electron chi connectivity index (χ1n) is 7.61. The number of aryl methyl sites for hydroxylation is 1. The highest BCUT2D eigenvalue weighted by molar-refractivity contribution is 5.95. The standard InChI is InChI=1S/C17H16N6O2/c1-12-7-5-6-10-14(12)16-19-22-23(21-16)11-15(24)18-20-17(25)13-8-3-2-4-9-13/h2-10H,11H2,1H3,(H,18,24)(H,20,25). The first-order valence-corrected chi connectivity index (χ1v) is 7.61.